The van der Waals surface area contributed by atoms with E-state index >= 15 is 0 Å². The van der Waals surface area contributed by atoms with E-state index in [1.165, 1.54) is 27.2 Å². The lowest BCUT2D eigenvalue weighted by Gasteiger charge is -2.34. The van der Waals surface area contributed by atoms with Gasteiger partial charge in [0.1, 0.15) is 5.82 Å². The normalized spacial score (nSPS) is 22.2. The zero-order valence-electron chi connectivity index (χ0n) is 14.9. The number of halogens is 1. The molecule has 0 atom stereocenters. The van der Waals surface area contributed by atoms with Crippen molar-refractivity contribution in [3.8, 4) is 0 Å². The summed E-state index contributed by atoms with van der Waals surface area (Å²) in [5.74, 6) is -0.583. The fraction of sp³-hybridized carbons (Fsp3) is 0.611. The lowest BCUT2D eigenvalue weighted by atomic mass is 9.95. The SMILES string of the molecule is O=C(CN1CCCN(Cc2ccc(F)cc2)S1(=O)=O)NC1CCCCC1. The van der Waals surface area contributed by atoms with E-state index in [0.717, 1.165) is 31.2 Å². The van der Waals surface area contributed by atoms with Crippen LogP contribution >= 0.6 is 0 Å². The molecular formula is C18H26FN3O3S. The second kappa shape index (κ2) is 8.45. The molecule has 144 valence electrons. The van der Waals surface area contributed by atoms with Crippen LogP contribution in [-0.4, -0.2) is 48.6 Å². The number of carbonyl (C=O) groups is 1. The summed E-state index contributed by atoms with van der Waals surface area (Å²) < 4.78 is 41.3. The van der Waals surface area contributed by atoms with Crippen molar-refractivity contribution in [3.63, 3.8) is 0 Å². The van der Waals surface area contributed by atoms with Crippen molar-refractivity contribution in [1.29, 1.82) is 0 Å². The van der Waals surface area contributed by atoms with Crippen molar-refractivity contribution in [2.24, 2.45) is 0 Å². The Morgan fingerprint density at radius 2 is 1.69 bits per heavy atom. The predicted molar refractivity (Wildman–Crippen MR) is 96.9 cm³/mol. The van der Waals surface area contributed by atoms with Crippen LogP contribution in [0.4, 0.5) is 4.39 Å². The van der Waals surface area contributed by atoms with Gasteiger partial charge in [-0.25, -0.2) is 4.39 Å². The highest BCUT2D eigenvalue weighted by Gasteiger charge is 2.35. The molecule has 1 aromatic rings. The van der Waals surface area contributed by atoms with Gasteiger partial charge in [-0.3, -0.25) is 4.79 Å². The molecule has 2 aliphatic rings. The van der Waals surface area contributed by atoms with Crippen molar-refractivity contribution in [2.45, 2.75) is 51.1 Å². The molecule has 1 aromatic carbocycles. The van der Waals surface area contributed by atoms with Gasteiger partial charge in [0.05, 0.1) is 6.54 Å². The highest BCUT2D eigenvalue weighted by Crippen LogP contribution is 2.20. The zero-order chi connectivity index (χ0) is 18.6. The van der Waals surface area contributed by atoms with Crippen molar-refractivity contribution >= 4 is 16.1 Å². The fourth-order valence-corrected chi connectivity index (χ4v) is 5.25. The molecule has 0 spiro atoms. The Morgan fingerprint density at radius 1 is 1.04 bits per heavy atom. The van der Waals surface area contributed by atoms with E-state index in [2.05, 4.69) is 5.32 Å². The Balaban J connectivity index is 1.60. The number of benzene rings is 1. The predicted octanol–water partition coefficient (Wildman–Crippen LogP) is 2.03. The molecule has 2 fully saturated rings. The molecule has 3 rings (SSSR count). The maximum atomic E-state index is 13.0. The average Bonchev–Trinajstić information content (AvgIpc) is 2.61. The highest BCUT2D eigenvalue weighted by atomic mass is 32.2. The van der Waals surface area contributed by atoms with E-state index < -0.39 is 10.2 Å². The summed E-state index contributed by atoms with van der Waals surface area (Å²) >= 11 is 0. The second-order valence-corrected chi connectivity index (χ2v) is 8.99. The molecule has 0 radical (unpaired) electrons. The topological polar surface area (TPSA) is 69.7 Å². The Hall–Kier alpha value is -1.51. The van der Waals surface area contributed by atoms with E-state index in [1.807, 2.05) is 0 Å². The zero-order valence-corrected chi connectivity index (χ0v) is 15.7. The van der Waals surface area contributed by atoms with Gasteiger partial charge in [-0.2, -0.15) is 17.0 Å². The molecule has 26 heavy (non-hydrogen) atoms. The molecular weight excluding hydrogens is 357 g/mol. The molecule has 8 heteroatoms. The van der Waals surface area contributed by atoms with Crippen molar-refractivity contribution in [3.05, 3.63) is 35.6 Å². The van der Waals surface area contributed by atoms with Gasteiger partial charge in [-0.1, -0.05) is 31.4 Å². The number of nitrogens with zero attached hydrogens (tertiary/aromatic N) is 2. The van der Waals surface area contributed by atoms with Crippen LogP contribution in [0, 0.1) is 5.82 Å². The first kappa shape index (κ1) is 19.3. The van der Waals surface area contributed by atoms with Gasteiger partial charge in [0.15, 0.2) is 0 Å². The van der Waals surface area contributed by atoms with Gasteiger partial charge in [0, 0.05) is 25.7 Å². The van der Waals surface area contributed by atoms with Crippen molar-refractivity contribution in [2.75, 3.05) is 19.6 Å². The van der Waals surface area contributed by atoms with Crippen LogP contribution in [0.5, 0.6) is 0 Å². The fourth-order valence-electron chi connectivity index (χ4n) is 3.61. The molecule has 1 saturated carbocycles. The van der Waals surface area contributed by atoms with E-state index in [9.17, 15) is 17.6 Å². The Morgan fingerprint density at radius 3 is 2.38 bits per heavy atom. The van der Waals surface area contributed by atoms with E-state index in [4.69, 9.17) is 0 Å². The van der Waals surface area contributed by atoms with Gasteiger partial charge in [-0.05, 0) is 37.0 Å². The molecule has 1 amide bonds. The summed E-state index contributed by atoms with van der Waals surface area (Å²) in [4.78, 5) is 12.3. The highest BCUT2D eigenvalue weighted by molar-refractivity contribution is 7.86. The Kier molecular flexibility index (Phi) is 6.26. The summed E-state index contributed by atoms with van der Waals surface area (Å²) in [6.07, 6.45) is 6.02. The Labute approximate surface area is 154 Å². The summed E-state index contributed by atoms with van der Waals surface area (Å²) in [5.41, 5.74) is 0.725. The van der Waals surface area contributed by atoms with Gasteiger partial charge in [0.2, 0.25) is 5.91 Å². The molecule has 1 N–H and O–H groups in total. The minimum absolute atomic E-state index is 0.140. The lowest BCUT2D eigenvalue weighted by Crippen LogP contribution is -2.53. The van der Waals surface area contributed by atoms with Crippen LogP contribution in [-0.2, 0) is 21.5 Å². The van der Waals surface area contributed by atoms with Crippen LogP contribution < -0.4 is 5.32 Å². The average molecular weight is 383 g/mol. The first-order valence-corrected chi connectivity index (χ1v) is 10.6. The molecule has 1 heterocycles. The monoisotopic (exact) mass is 383 g/mol. The summed E-state index contributed by atoms with van der Waals surface area (Å²) in [6, 6.07) is 5.97. The molecule has 1 aliphatic heterocycles. The van der Waals surface area contributed by atoms with Gasteiger partial charge in [-0.15, -0.1) is 0 Å². The molecule has 6 nitrogen and oxygen atoms in total. The van der Waals surface area contributed by atoms with E-state index in [0.29, 0.717) is 19.5 Å². The standard InChI is InChI=1S/C18H26FN3O3S/c19-16-9-7-15(8-10-16)13-21-11-4-12-22(26(21,24)25)14-18(23)20-17-5-2-1-3-6-17/h7-10,17H,1-6,11-14H2,(H,20,23). The third kappa shape index (κ3) is 4.81. The van der Waals surface area contributed by atoms with Crippen LogP contribution in [0.1, 0.15) is 44.1 Å². The lowest BCUT2D eigenvalue weighted by molar-refractivity contribution is -0.122. The smallest absolute Gasteiger partial charge is 0.282 e. The molecule has 0 unspecified atom stereocenters. The van der Waals surface area contributed by atoms with Crippen LogP contribution in [0.2, 0.25) is 0 Å². The first-order chi connectivity index (χ1) is 12.4. The quantitative estimate of drug-likeness (QED) is 0.846. The van der Waals surface area contributed by atoms with Crippen molar-refractivity contribution < 1.29 is 17.6 Å². The largest absolute Gasteiger partial charge is 0.352 e. The second-order valence-electron chi connectivity index (χ2n) is 7.06. The number of amides is 1. The number of rotatable bonds is 5. The number of carbonyl (C=O) groups excluding carboxylic acids is 1. The Bertz CT molecular complexity index is 718. The molecule has 1 aliphatic carbocycles. The van der Waals surface area contributed by atoms with E-state index in [1.54, 1.807) is 12.1 Å². The number of nitrogens with one attached hydrogen (secondary N) is 1. The molecule has 1 saturated heterocycles. The van der Waals surface area contributed by atoms with Crippen LogP contribution in [0.3, 0.4) is 0 Å². The third-order valence-electron chi connectivity index (χ3n) is 5.03. The van der Waals surface area contributed by atoms with Crippen molar-refractivity contribution in [1.82, 2.24) is 13.9 Å². The van der Waals surface area contributed by atoms with Gasteiger partial charge >= 0.3 is 0 Å². The maximum absolute atomic E-state index is 13.0. The third-order valence-corrected chi connectivity index (χ3v) is 6.96. The summed E-state index contributed by atoms with van der Waals surface area (Å²) in [6.45, 7) is 0.795. The first-order valence-electron chi connectivity index (χ1n) is 9.24. The van der Waals surface area contributed by atoms with Gasteiger partial charge < -0.3 is 5.32 Å². The molecule has 0 aromatic heterocycles. The minimum atomic E-state index is -3.70. The summed E-state index contributed by atoms with van der Waals surface area (Å²) in [7, 11) is -3.70. The number of hydrogen-bond acceptors (Lipinski definition) is 3. The maximum Gasteiger partial charge on any atom is 0.282 e. The van der Waals surface area contributed by atoms with Crippen LogP contribution in [0.25, 0.3) is 0 Å². The summed E-state index contributed by atoms with van der Waals surface area (Å²) in [5, 5.41) is 2.97. The van der Waals surface area contributed by atoms with E-state index in [-0.39, 0.29) is 30.9 Å². The minimum Gasteiger partial charge on any atom is -0.352 e. The van der Waals surface area contributed by atoms with Crippen LogP contribution in [0.15, 0.2) is 24.3 Å². The van der Waals surface area contributed by atoms with Gasteiger partial charge in [0.25, 0.3) is 10.2 Å². The number of hydrogen-bond donors (Lipinski definition) is 1. The molecule has 0 bridgehead atoms.